The molecule has 0 saturated heterocycles. The van der Waals surface area contributed by atoms with Crippen molar-refractivity contribution in [3.8, 4) is 0 Å². The van der Waals surface area contributed by atoms with Crippen LogP contribution in [0.4, 0.5) is 0 Å². The third-order valence-electron chi connectivity index (χ3n) is 1.07. The van der Waals surface area contributed by atoms with Crippen LogP contribution < -0.4 is 0 Å². The summed E-state index contributed by atoms with van der Waals surface area (Å²) in [6.45, 7) is 1.52. The third-order valence-corrected chi connectivity index (χ3v) is 1.07. The van der Waals surface area contributed by atoms with Crippen molar-refractivity contribution in [3.05, 3.63) is 11.8 Å². The van der Waals surface area contributed by atoms with Crippen LogP contribution >= 0.6 is 0 Å². The van der Waals surface area contributed by atoms with Gasteiger partial charge in [0.2, 0.25) is 0 Å². The van der Waals surface area contributed by atoms with Gasteiger partial charge in [-0.3, -0.25) is 9.79 Å². The lowest BCUT2D eigenvalue weighted by Gasteiger charge is -2.05. The van der Waals surface area contributed by atoms with Crippen molar-refractivity contribution in [1.82, 2.24) is 4.90 Å². The zero-order valence-corrected chi connectivity index (χ0v) is 7.46. The molecule has 0 heterocycles. The molecule has 62 valence electrons. The summed E-state index contributed by atoms with van der Waals surface area (Å²) < 4.78 is 0. The highest BCUT2D eigenvalue weighted by Gasteiger charge is 1.98. The zero-order valence-electron chi connectivity index (χ0n) is 7.46. The first-order chi connectivity index (χ1) is 5.07. The zero-order chi connectivity index (χ0) is 8.85. The first kappa shape index (κ1) is 9.88. The predicted molar refractivity (Wildman–Crippen MR) is 46.9 cm³/mol. The molecule has 0 aliphatic carbocycles. The summed E-state index contributed by atoms with van der Waals surface area (Å²) in [6.07, 6.45) is 3.30. The summed E-state index contributed by atoms with van der Waals surface area (Å²) in [6, 6.07) is 0. The topological polar surface area (TPSA) is 32.7 Å². The molecule has 0 spiro atoms. The van der Waals surface area contributed by atoms with E-state index >= 15 is 0 Å². The van der Waals surface area contributed by atoms with E-state index in [-0.39, 0.29) is 5.78 Å². The Morgan fingerprint density at radius 2 is 2.00 bits per heavy atom. The SMILES string of the molecule is CN=C/C(=C\N(C)C)C(C)=O. The van der Waals surface area contributed by atoms with Crippen LogP contribution in [0, 0.1) is 0 Å². The van der Waals surface area contributed by atoms with Gasteiger partial charge in [0.25, 0.3) is 0 Å². The molecule has 0 atom stereocenters. The lowest BCUT2D eigenvalue weighted by molar-refractivity contribution is -0.113. The molecule has 0 aliphatic rings. The van der Waals surface area contributed by atoms with Crippen molar-refractivity contribution < 1.29 is 4.79 Å². The predicted octanol–water partition coefficient (Wildman–Crippen LogP) is 0.722. The van der Waals surface area contributed by atoms with Crippen LogP contribution in [0.2, 0.25) is 0 Å². The molecule has 11 heavy (non-hydrogen) atoms. The Morgan fingerprint density at radius 3 is 2.27 bits per heavy atom. The number of hydrogen-bond acceptors (Lipinski definition) is 3. The molecule has 0 unspecified atom stereocenters. The highest BCUT2D eigenvalue weighted by molar-refractivity contribution is 6.11. The van der Waals surface area contributed by atoms with Gasteiger partial charge in [-0.1, -0.05) is 0 Å². The molecule has 0 saturated carbocycles. The van der Waals surface area contributed by atoms with Gasteiger partial charge in [0.05, 0.1) is 5.57 Å². The molecule has 0 bridgehead atoms. The molecular formula is C8H14N2O. The number of nitrogens with zero attached hydrogens (tertiary/aromatic N) is 2. The van der Waals surface area contributed by atoms with E-state index in [0.29, 0.717) is 5.57 Å². The number of carbonyl (C=O) groups is 1. The van der Waals surface area contributed by atoms with Crippen molar-refractivity contribution in [2.45, 2.75) is 6.92 Å². The molecule has 0 amide bonds. The second-order valence-corrected chi connectivity index (χ2v) is 2.49. The summed E-state index contributed by atoms with van der Waals surface area (Å²) in [5.74, 6) is 0.0318. The van der Waals surface area contributed by atoms with Crippen LogP contribution in [0.1, 0.15) is 6.92 Å². The summed E-state index contributed by atoms with van der Waals surface area (Å²) in [5.41, 5.74) is 0.623. The minimum Gasteiger partial charge on any atom is -0.383 e. The van der Waals surface area contributed by atoms with Gasteiger partial charge < -0.3 is 4.90 Å². The Bertz CT molecular complexity index is 192. The van der Waals surface area contributed by atoms with Crippen molar-refractivity contribution >= 4 is 12.0 Å². The average Bonchev–Trinajstić information content (AvgIpc) is 1.86. The number of Topliss-reactive ketones (excluding diaryl/α,β-unsaturated/α-hetero) is 1. The molecule has 3 nitrogen and oxygen atoms in total. The van der Waals surface area contributed by atoms with Gasteiger partial charge in [-0.2, -0.15) is 0 Å². The lowest BCUT2D eigenvalue weighted by Crippen LogP contribution is -2.07. The van der Waals surface area contributed by atoms with Crippen molar-refractivity contribution in [2.24, 2.45) is 4.99 Å². The second-order valence-electron chi connectivity index (χ2n) is 2.49. The molecule has 0 N–H and O–H groups in total. The highest BCUT2D eigenvalue weighted by atomic mass is 16.1. The van der Waals surface area contributed by atoms with Gasteiger partial charge in [0.15, 0.2) is 5.78 Å². The summed E-state index contributed by atoms with van der Waals surface area (Å²) in [4.78, 5) is 16.5. The largest absolute Gasteiger partial charge is 0.383 e. The molecule has 0 fully saturated rings. The van der Waals surface area contributed by atoms with Gasteiger partial charge >= 0.3 is 0 Å². The Hall–Kier alpha value is -1.12. The Morgan fingerprint density at radius 1 is 1.45 bits per heavy atom. The van der Waals surface area contributed by atoms with Gasteiger partial charge in [-0.05, 0) is 6.92 Å². The molecule has 0 aromatic heterocycles. The van der Waals surface area contributed by atoms with E-state index in [4.69, 9.17) is 0 Å². The van der Waals surface area contributed by atoms with Crippen LogP contribution in [0.25, 0.3) is 0 Å². The Balaban J connectivity index is 4.46. The normalized spacial score (nSPS) is 12.2. The smallest absolute Gasteiger partial charge is 0.162 e. The number of ketones is 1. The molecule has 0 aromatic rings. The van der Waals surface area contributed by atoms with E-state index in [1.54, 1.807) is 19.5 Å². The highest BCUT2D eigenvalue weighted by Crippen LogP contribution is 1.93. The Labute approximate surface area is 67.4 Å². The van der Waals surface area contributed by atoms with Gasteiger partial charge in [-0.25, -0.2) is 0 Å². The number of carbonyl (C=O) groups excluding carboxylic acids is 1. The van der Waals surface area contributed by atoms with Crippen molar-refractivity contribution in [3.63, 3.8) is 0 Å². The maximum atomic E-state index is 10.9. The maximum absolute atomic E-state index is 10.9. The van der Waals surface area contributed by atoms with Crippen LogP contribution in [-0.4, -0.2) is 38.0 Å². The second kappa shape index (κ2) is 4.66. The summed E-state index contributed by atoms with van der Waals surface area (Å²) in [5, 5.41) is 0. The molecule has 0 rings (SSSR count). The van der Waals surface area contributed by atoms with E-state index in [1.165, 1.54) is 6.92 Å². The number of hydrogen-bond donors (Lipinski definition) is 0. The molecule has 0 radical (unpaired) electrons. The fraction of sp³-hybridized carbons (Fsp3) is 0.500. The van der Waals surface area contributed by atoms with E-state index in [2.05, 4.69) is 4.99 Å². The van der Waals surface area contributed by atoms with Crippen LogP contribution in [0.15, 0.2) is 16.8 Å². The molecule has 0 aromatic carbocycles. The maximum Gasteiger partial charge on any atom is 0.162 e. The van der Waals surface area contributed by atoms with E-state index in [9.17, 15) is 4.79 Å². The van der Waals surface area contributed by atoms with E-state index in [0.717, 1.165) is 0 Å². The fourth-order valence-corrected chi connectivity index (χ4v) is 0.632. The first-order valence-corrected chi connectivity index (χ1v) is 3.39. The van der Waals surface area contributed by atoms with Gasteiger partial charge in [-0.15, -0.1) is 0 Å². The minimum atomic E-state index is 0.0318. The number of aliphatic imine (C=N–C) groups is 1. The first-order valence-electron chi connectivity index (χ1n) is 3.39. The van der Waals surface area contributed by atoms with Gasteiger partial charge in [0, 0.05) is 33.6 Å². The Kier molecular flexibility index (Phi) is 4.18. The fourth-order valence-electron chi connectivity index (χ4n) is 0.632. The van der Waals surface area contributed by atoms with E-state index < -0.39 is 0 Å². The van der Waals surface area contributed by atoms with Crippen molar-refractivity contribution in [1.29, 1.82) is 0 Å². The monoisotopic (exact) mass is 154 g/mol. The van der Waals surface area contributed by atoms with Crippen LogP contribution in [-0.2, 0) is 4.79 Å². The number of allylic oxidation sites excluding steroid dienone is 1. The lowest BCUT2D eigenvalue weighted by atomic mass is 10.2. The van der Waals surface area contributed by atoms with Crippen LogP contribution in [0.3, 0.4) is 0 Å². The van der Waals surface area contributed by atoms with Crippen molar-refractivity contribution in [2.75, 3.05) is 21.1 Å². The standard InChI is InChI=1S/C8H14N2O/c1-7(11)8(5-9-2)6-10(3)4/h5-6H,1-4H3/b8-6+,9-5?. The molecule has 0 aliphatic heterocycles. The quantitative estimate of drug-likeness (QED) is 0.443. The van der Waals surface area contributed by atoms with E-state index in [1.807, 2.05) is 19.0 Å². The van der Waals surface area contributed by atoms with Gasteiger partial charge in [0.1, 0.15) is 0 Å². The molecule has 3 heteroatoms. The summed E-state index contributed by atoms with van der Waals surface area (Å²) in [7, 11) is 5.38. The molecular weight excluding hydrogens is 140 g/mol. The number of rotatable bonds is 3. The average molecular weight is 154 g/mol. The minimum absolute atomic E-state index is 0.0318. The summed E-state index contributed by atoms with van der Waals surface area (Å²) >= 11 is 0. The van der Waals surface area contributed by atoms with Crippen LogP contribution in [0.5, 0.6) is 0 Å². The third kappa shape index (κ3) is 4.31.